The minimum atomic E-state index is 0.108. The third kappa shape index (κ3) is 4.74. The van der Waals surface area contributed by atoms with Crippen LogP contribution in [0.4, 0.5) is 5.13 Å². The number of nitrogens with one attached hydrogen (secondary N) is 1. The number of hydrogen-bond donors (Lipinski definition) is 1. The molecule has 0 amide bonds. The molecule has 1 unspecified atom stereocenters. The maximum Gasteiger partial charge on any atom is 0.185 e. The maximum atomic E-state index is 4.93. The Morgan fingerprint density at radius 2 is 1.95 bits per heavy atom. The summed E-state index contributed by atoms with van der Waals surface area (Å²) in [6.45, 7) is 16.4. The molecule has 0 aromatic carbocycles. The van der Waals surface area contributed by atoms with Crippen LogP contribution in [0.15, 0.2) is 0 Å². The first-order chi connectivity index (χ1) is 9.29. The summed E-state index contributed by atoms with van der Waals surface area (Å²) in [5.41, 5.74) is 1.35. The average Bonchev–Trinajstić information content (AvgIpc) is 2.80. The van der Waals surface area contributed by atoms with Gasteiger partial charge in [0, 0.05) is 30.4 Å². The summed E-state index contributed by atoms with van der Waals surface area (Å²) in [6, 6.07) is 0. The van der Waals surface area contributed by atoms with Crippen molar-refractivity contribution in [3.8, 4) is 0 Å². The fourth-order valence-corrected chi connectivity index (χ4v) is 3.33. The minimum absolute atomic E-state index is 0.108. The molecule has 0 fully saturated rings. The van der Waals surface area contributed by atoms with Crippen LogP contribution in [0.1, 0.15) is 58.5 Å². The van der Waals surface area contributed by atoms with Gasteiger partial charge in [-0.1, -0.05) is 48.0 Å². The van der Waals surface area contributed by atoms with Crippen molar-refractivity contribution in [3.63, 3.8) is 0 Å². The van der Waals surface area contributed by atoms with Crippen molar-refractivity contribution in [2.45, 2.75) is 59.9 Å². The molecule has 0 aliphatic rings. The van der Waals surface area contributed by atoms with E-state index in [1.54, 1.807) is 0 Å². The van der Waals surface area contributed by atoms with E-state index in [1.807, 2.05) is 11.3 Å². The highest BCUT2D eigenvalue weighted by Gasteiger charge is 2.24. The molecule has 0 radical (unpaired) electrons. The van der Waals surface area contributed by atoms with Gasteiger partial charge in [0.1, 0.15) is 0 Å². The zero-order valence-corrected chi connectivity index (χ0v) is 15.0. The molecule has 4 heteroatoms. The molecule has 0 saturated carbocycles. The molecule has 1 heterocycles. The van der Waals surface area contributed by atoms with Crippen LogP contribution < -0.4 is 10.2 Å². The Labute approximate surface area is 128 Å². The SMILES string of the molecule is CCNCc1sc(N(C)CC(C)CC)nc1C(C)(C)C. The van der Waals surface area contributed by atoms with Crippen LogP contribution >= 0.6 is 11.3 Å². The van der Waals surface area contributed by atoms with E-state index in [1.165, 1.54) is 17.0 Å². The first kappa shape index (κ1) is 17.4. The van der Waals surface area contributed by atoms with Crippen LogP contribution in [-0.2, 0) is 12.0 Å². The van der Waals surface area contributed by atoms with Crippen LogP contribution in [0, 0.1) is 5.92 Å². The van der Waals surface area contributed by atoms with Crippen molar-refractivity contribution in [3.05, 3.63) is 10.6 Å². The highest BCUT2D eigenvalue weighted by Crippen LogP contribution is 2.33. The van der Waals surface area contributed by atoms with Crippen molar-refractivity contribution >= 4 is 16.5 Å². The molecule has 1 aromatic heterocycles. The van der Waals surface area contributed by atoms with Crippen molar-refractivity contribution in [2.75, 3.05) is 25.0 Å². The van der Waals surface area contributed by atoms with Crippen LogP contribution in [-0.4, -0.2) is 25.1 Å². The third-order valence-corrected chi connectivity index (χ3v) is 4.71. The van der Waals surface area contributed by atoms with E-state index in [-0.39, 0.29) is 5.41 Å². The lowest BCUT2D eigenvalue weighted by atomic mass is 9.91. The van der Waals surface area contributed by atoms with Crippen LogP contribution in [0.25, 0.3) is 0 Å². The summed E-state index contributed by atoms with van der Waals surface area (Å²) >= 11 is 1.84. The molecule has 0 spiro atoms. The molecular formula is C16H31N3S. The van der Waals surface area contributed by atoms with E-state index < -0.39 is 0 Å². The Morgan fingerprint density at radius 1 is 1.30 bits per heavy atom. The highest BCUT2D eigenvalue weighted by molar-refractivity contribution is 7.15. The lowest BCUT2D eigenvalue weighted by Gasteiger charge is -2.20. The van der Waals surface area contributed by atoms with Crippen molar-refractivity contribution in [2.24, 2.45) is 5.92 Å². The number of thiazole rings is 1. The molecule has 0 aliphatic carbocycles. The van der Waals surface area contributed by atoms with Gasteiger partial charge in [-0.3, -0.25) is 0 Å². The summed E-state index contributed by atoms with van der Waals surface area (Å²) in [7, 11) is 2.16. The molecule has 1 N–H and O–H groups in total. The maximum absolute atomic E-state index is 4.93. The van der Waals surface area contributed by atoms with E-state index in [9.17, 15) is 0 Å². The molecule has 116 valence electrons. The van der Waals surface area contributed by atoms with Crippen molar-refractivity contribution in [1.82, 2.24) is 10.3 Å². The third-order valence-electron chi connectivity index (χ3n) is 3.54. The zero-order chi connectivity index (χ0) is 15.3. The highest BCUT2D eigenvalue weighted by atomic mass is 32.1. The van der Waals surface area contributed by atoms with E-state index in [2.05, 4.69) is 58.8 Å². The smallest absolute Gasteiger partial charge is 0.185 e. The van der Waals surface area contributed by atoms with Gasteiger partial charge < -0.3 is 10.2 Å². The summed E-state index contributed by atoms with van der Waals surface area (Å²) < 4.78 is 0. The fourth-order valence-electron chi connectivity index (χ4n) is 2.12. The predicted octanol–water partition coefficient (Wildman–Crippen LogP) is 4.03. The number of aromatic nitrogens is 1. The molecule has 0 bridgehead atoms. The van der Waals surface area contributed by atoms with E-state index in [0.29, 0.717) is 5.92 Å². The van der Waals surface area contributed by atoms with Gasteiger partial charge in [-0.2, -0.15) is 0 Å². The molecule has 20 heavy (non-hydrogen) atoms. The lowest BCUT2D eigenvalue weighted by Crippen LogP contribution is -2.24. The Morgan fingerprint density at radius 3 is 2.45 bits per heavy atom. The van der Waals surface area contributed by atoms with Gasteiger partial charge in [-0.25, -0.2) is 4.98 Å². The molecule has 1 rings (SSSR count). The molecule has 1 atom stereocenters. The fraction of sp³-hybridized carbons (Fsp3) is 0.812. The summed E-state index contributed by atoms with van der Waals surface area (Å²) in [5.74, 6) is 0.708. The quantitative estimate of drug-likeness (QED) is 0.823. The number of hydrogen-bond acceptors (Lipinski definition) is 4. The average molecular weight is 298 g/mol. The Kier molecular flexibility index (Phi) is 6.46. The number of rotatable bonds is 7. The molecule has 0 saturated heterocycles. The van der Waals surface area contributed by atoms with Crippen molar-refractivity contribution in [1.29, 1.82) is 0 Å². The van der Waals surface area contributed by atoms with Gasteiger partial charge in [0.15, 0.2) is 5.13 Å². The molecule has 3 nitrogen and oxygen atoms in total. The van der Waals surface area contributed by atoms with Gasteiger partial charge in [-0.05, 0) is 12.5 Å². The van der Waals surface area contributed by atoms with Gasteiger partial charge in [0.2, 0.25) is 0 Å². The van der Waals surface area contributed by atoms with Gasteiger partial charge >= 0.3 is 0 Å². The van der Waals surface area contributed by atoms with Gasteiger partial charge in [0.05, 0.1) is 5.69 Å². The molecule has 0 aliphatic heterocycles. The lowest BCUT2D eigenvalue weighted by molar-refractivity contribution is 0.550. The first-order valence-corrected chi connectivity index (χ1v) is 8.53. The Bertz CT molecular complexity index is 406. The zero-order valence-electron chi connectivity index (χ0n) is 14.2. The summed E-state index contributed by atoms with van der Waals surface area (Å²) in [4.78, 5) is 8.62. The minimum Gasteiger partial charge on any atom is -0.351 e. The molecular weight excluding hydrogens is 266 g/mol. The van der Waals surface area contributed by atoms with Crippen LogP contribution in [0.2, 0.25) is 0 Å². The van der Waals surface area contributed by atoms with Gasteiger partial charge in [-0.15, -0.1) is 11.3 Å². The van der Waals surface area contributed by atoms with E-state index in [0.717, 1.165) is 24.8 Å². The first-order valence-electron chi connectivity index (χ1n) is 7.71. The monoisotopic (exact) mass is 297 g/mol. The largest absolute Gasteiger partial charge is 0.351 e. The normalized spacial score (nSPS) is 13.6. The Hall–Kier alpha value is -0.610. The second kappa shape index (κ2) is 7.41. The summed E-state index contributed by atoms with van der Waals surface area (Å²) in [6.07, 6.45) is 1.21. The van der Waals surface area contributed by atoms with Crippen LogP contribution in [0.3, 0.4) is 0 Å². The Balaban J connectivity index is 2.95. The second-order valence-corrected chi connectivity index (χ2v) is 7.75. The predicted molar refractivity (Wildman–Crippen MR) is 90.9 cm³/mol. The topological polar surface area (TPSA) is 28.2 Å². The van der Waals surface area contributed by atoms with Crippen LogP contribution in [0.5, 0.6) is 0 Å². The standard InChI is InChI=1S/C16H31N3S/c1-8-12(3)11-19(7)15-18-14(16(4,5)6)13(20-15)10-17-9-2/h12,17H,8-11H2,1-7H3. The van der Waals surface area contributed by atoms with Gasteiger partial charge in [0.25, 0.3) is 0 Å². The van der Waals surface area contributed by atoms with E-state index in [4.69, 9.17) is 4.98 Å². The van der Waals surface area contributed by atoms with E-state index >= 15 is 0 Å². The second-order valence-electron chi connectivity index (χ2n) is 6.69. The van der Waals surface area contributed by atoms with Crippen molar-refractivity contribution < 1.29 is 0 Å². The summed E-state index contributed by atoms with van der Waals surface area (Å²) in [5, 5.41) is 4.59. The number of anilines is 1. The number of nitrogens with zero attached hydrogens (tertiary/aromatic N) is 2. The molecule has 1 aromatic rings.